The lowest BCUT2D eigenvalue weighted by Gasteiger charge is -2.17. The van der Waals surface area contributed by atoms with Gasteiger partial charge in [-0.25, -0.2) is 0 Å². The highest BCUT2D eigenvalue weighted by molar-refractivity contribution is 9.10. The van der Waals surface area contributed by atoms with Crippen LogP contribution in [0.5, 0.6) is 5.75 Å². The lowest BCUT2D eigenvalue weighted by molar-refractivity contribution is 0.171. The molecular weight excluding hydrogens is 306 g/mol. The predicted molar refractivity (Wildman–Crippen MR) is 82.8 cm³/mol. The largest absolute Gasteiger partial charge is 0.493 e. The van der Waals surface area contributed by atoms with Gasteiger partial charge in [-0.1, -0.05) is 22.9 Å². The number of halogens is 1. The Morgan fingerprint density at radius 1 is 1.32 bits per heavy atom. The Morgan fingerprint density at radius 3 is 2.68 bits per heavy atom. The Labute approximate surface area is 124 Å². The monoisotopic (exact) mass is 329 g/mol. The van der Waals surface area contributed by atoms with Crippen LogP contribution in [0, 0.1) is 6.92 Å². The number of aryl methyl sites for hydroxylation is 1. The number of methoxy groups -OCH3 is 1. The fraction of sp³-hybridized carbons (Fsp3) is 0.600. The molecule has 0 saturated heterocycles. The van der Waals surface area contributed by atoms with Gasteiger partial charge in [0, 0.05) is 30.7 Å². The second-order valence-corrected chi connectivity index (χ2v) is 5.69. The maximum absolute atomic E-state index is 6.06. The molecule has 19 heavy (non-hydrogen) atoms. The van der Waals surface area contributed by atoms with Crippen LogP contribution in [-0.4, -0.2) is 26.4 Å². The summed E-state index contributed by atoms with van der Waals surface area (Å²) in [6.45, 7) is 5.57. The fourth-order valence-electron chi connectivity index (χ4n) is 1.96. The average Bonchev–Trinajstić information content (AvgIpc) is 2.36. The summed E-state index contributed by atoms with van der Waals surface area (Å²) in [7, 11) is 1.70. The van der Waals surface area contributed by atoms with E-state index in [2.05, 4.69) is 41.9 Å². The van der Waals surface area contributed by atoms with Crippen molar-refractivity contribution in [2.75, 3.05) is 20.3 Å². The summed E-state index contributed by atoms with van der Waals surface area (Å²) in [4.78, 5) is 0. The third kappa shape index (κ3) is 5.51. The molecule has 1 atom stereocenters. The lowest BCUT2D eigenvalue weighted by atomic mass is 10.0. The highest BCUT2D eigenvalue weighted by Crippen LogP contribution is 2.29. The van der Waals surface area contributed by atoms with Gasteiger partial charge in [0.05, 0.1) is 6.61 Å². The average molecular weight is 330 g/mol. The van der Waals surface area contributed by atoms with E-state index in [0.29, 0.717) is 6.61 Å². The predicted octanol–water partition coefficient (Wildman–Crippen LogP) is 3.45. The zero-order chi connectivity index (χ0) is 14.3. The maximum atomic E-state index is 6.06. The molecule has 0 radical (unpaired) electrons. The van der Waals surface area contributed by atoms with Crippen LogP contribution in [0.25, 0.3) is 0 Å². The molecule has 0 amide bonds. The maximum Gasteiger partial charge on any atom is 0.125 e. The minimum Gasteiger partial charge on any atom is -0.493 e. The van der Waals surface area contributed by atoms with Crippen LogP contribution in [0.15, 0.2) is 16.6 Å². The number of nitrogens with two attached hydrogens (primary N) is 1. The van der Waals surface area contributed by atoms with E-state index in [1.54, 1.807) is 7.11 Å². The molecule has 0 aliphatic rings. The van der Waals surface area contributed by atoms with Gasteiger partial charge >= 0.3 is 0 Å². The summed E-state index contributed by atoms with van der Waals surface area (Å²) < 4.78 is 12.0. The van der Waals surface area contributed by atoms with Gasteiger partial charge in [-0.05, 0) is 43.0 Å². The van der Waals surface area contributed by atoms with E-state index >= 15 is 0 Å². The van der Waals surface area contributed by atoms with Crippen LogP contribution in [0.2, 0.25) is 0 Å². The van der Waals surface area contributed by atoms with Crippen LogP contribution in [0.1, 0.15) is 30.9 Å². The smallest absolute Gasteiger partial charge is 0.125 e. The number of hydrogen-bond donors (Lipinski definition) is 1. The van der Waals surface area contributed by atoms with E-state index < -0.39 is 0 Å². The molecule has 0 aliphatic carbocycles. The Bertz CT molecular complexity index is 396. The summed E-state index contributed by atoms with van der Waals surface area (Å²) in [6, 6.07) is 4.36. The first-order valence-electron chi connectivity index (χ1n) is 6.74. The zero-order valence-corrected chi connectivity index (χ0v) is 13.6. The van der Waals surface area contributed by atoms with E-state index in [-0.39, 0.29) is 6.04 Å². The molecule has 2 N–H and O–H groups in total. The van der Waals surface area contributed by atoms with Gasteiger partial charge in [0.1, 0.15) is 5.75 Å². The van der Waals surface area contributed by atoms with Gasteiger partial charge < -0.3 is 15.2 Å². The SMILES string of the molecule is CCC(N)Cc1cc(Br)cc(C)c1OCCCOC. The van der Waals surface area contributed by atoms with Crippen LogP contribution in [0.4, 0.5) is 0 Å². The fourth-order valence-corrected chi connectivity index (χ4v) is 2.58. The van der Waals surface area contributed by atoms with Crippen molar-refractivity contribution < 1.29 is 9.47 Å². The van der Waals surface area contributed by atoms with Gasteiger partial charge in [0.2, 0.25) is 0 Å². The second-order valence-electron chi connectivity index (χ2n) is 4.78. The minimum absolute atomic E-state index is 0.176. The van der Waals surface area contributed by atoms with E-state index in [1.807, 2.05) is 0 Å². The first-order valence-corrected chi connectivity index (χ1v) is 7.54. The quantitative estimate of drug-likeness (QED) is 0.743. The van der Waals surface area contributed by atoms with Crippen molar-refractivity contribution in [3.05, 3.63) is 27.7 Å². The molecule has 1 unspecified atom stereocenters. The number of benzene rings is 1. The molecule has 1 aromatic carbocycles. The van der Waals surface area contributed by atoms with Crippen molar-refractivity contribution >= 4 is 15.9 Å². The third-order valence-electron chi connectivity index (χ3n) is 3.06. The molecule has 0 fully saturated rings. The van der Waals surface area contributed by atoms with E-state index in [0.717, 1.165) is 41.7 Å². The van der Waals surface area contributed by atoms with Crippen molar-refractivity contribution in [1.82, 2.24) is 0 Å². The second kappa shape index (κ2) is 8.56. The van der Waals surface area contributed by atoms with Crippen molar-refractivity contribution in [3.8, 4) is 5.75 Å². The third-order valence-corrected chi connectivity index (χ3v) is 3.52. The summed E-state index contributed by atoms with van der Waals surface area (Å²) in [5.74, 6) is 0.975. The Kier molecular flexibility index (Phi) is 7.42. The molecular formula is C15H24BrNO2. The molecule has 0 aromatic heterocycles. The molecule has 108 valence electrons. The number of ether oxygens (including phenoxy) is 2. The summed E-state index contributed by atoms with van der Waals surface area (Å²) in [5, 5.41) is 0. The van der Waals surface area contributed by atoms with E-state index in [4.69, 9.17) is 15.2 Å². The molecule has 0 aliphatic heterocycles. The van der Waals surface area contributed by atoms with Crippen molar-refractivity contribution in [1.29, 1.82) is 0 Å². The van der Waals surface area contributed by atoms with Gasteiger partial charge in [0.25, 0.3) is 0 Å². The highest BCUT2D eigenvalue weighted by atomic mass is 79.9. The summed E-state index contributed by atoms with van der Waals surface area (Å²) in [6.07, 6.45) is 2.70. The van der Waals surface area contributed by atoms with Gasteiger partial charge in [-0.15, -0.1) is 0 Å². The van der Waals surface area contributed by atoms with Crippen LogP contribution in [0.3, 0.4) is 0 Å². The normalized spacial score (nSPS) is 12.5. The van der Waals surface area contributed by atoms with Crippen LogP contribution >= 0.6 is 15.9 Å². The number of hydrogen-bond acceptors (Lipinski definition) is 3. The van der Waals surface area contributed by atoms with Gasteiger partial charge in [-0.2, -0.15) is 0 Å². The Hall–Kier alpha value is -0.580. The first kappa shape index (κ1) is 16.5. The standard InChI is InChI=1S/C15H24BrNO2/c1-4-14(17)10-12-9-13(16)8-11(2)15(12)19-7-5-6-18-3/h8-9,14H,4-7,10,17H2,1-3H3. The molecule has 1 aromatic rings. The van der Waals surface area contributed by atoms with Gasteiger partial charge in [0.15, 0.2) is 0 Å². The van der Waals surface area contributed by atoms with Crippen LogP contribution < -0.4 is 10.5 Å². The topological polar surface area (TPSA) is 44.5 Å². The minimum atomic E-state index is 0.176. The van der Waals surface area contributed by atoms with Crippen molar-refractivity contribution in [2.24, 2.45) is 5.73 Å². The van der Waals surface area contributed by atoms with Crippen molar-refractivity contribution in [3.63, 3.8) is 0 Å². The van der Waals surface area contributed by atoms with E-state index in [1.165, 1.54) is 5.56 Å². The molecule has 3 nitrogen and oxygen atoms in total. The number of rotatable bonds is 8. The molecule has 0 heterocycles. The molecule has 1 rings (SSSR count). The molecule has 0 saturated carbocycles. The first-order chi connectivity index (χ1) is 9.08. The lowest BCUT2D eigenvalue weighted by Crippen LogP contribution is -2.22. The van der Waals surface area contributed by atoms with Crippen molar-refractivity contribution in [2.45, 2.75) is 39.2 Å². The molecule has 0 bridgehead atoms. The summed E-state index contributed by atoms with van der Waals surface area (Å²) in [5.41, 5.74) is 8.38. The molecule has 4 heteroatoms. The Morgan fingerprint density at radius 2 is 2.05 bits per heavy atom. The summed E-state index contributed by atoms with van der Waals surface area (Å²) >= 11 is 3.54. The zero-order valence-electron chi connectivity index (χ0n) is 12.0. The highest BCUT2D eigenvalue weighted by Gasteiger charge is 2.12. The van der Waals surface area contributed by atoms with Crippen LogP contribution in [-0.2, 0) is 11.2 Å². The van der Waals surface area contributed by atoms with E-state index in [9.17, 15) is 0 Å². The molecule has 0 spiro atoms. The Balaban J connectivity index is 2.80. The van der Waals surface area contributed by atoms with Gasteiger partial charge in [-0.3, -0.25) is 0 Å².